The average molecular weight is 635 g/mol. The molecule has 0 spiro atoms. The SMILES string of the molecule is COCCCC(=O)N(C)CCOCCC(=O)N(C)CCOCCC(=O)N(C)CCOCCC(=O)N(C)CCOCCC(=O)O. The highest BCUT2D eigenvalue weighted by Crippen LogP contribution is 1.99. The predicted octanol–water partition coefficient (Wildman–Crippen LogP) is -0.0420. The summed E-state index contributed by atoms with van der Waals surface area (Å²) in [4.78, 5) is 65.2. The molecule has 4 amide bonds. The summed E-state index contributed by atoms with van der Waals surface area (Å²) in [5, 5.41) is 8.56. The van der Waals surface area contributed by atoms with Crippen LogP contribution in [0, 0.1) is 0 Å². The summed E-state index contributed by atoms with van der Waals surface area (Å²) < 4.78 is 26.6. The van der Waals surface area contributed by atoms with Gasteiger partial charge in [-0.15, -0.1) is 0 Å². The topological polar surface area (TPSA) is 165 Å². The van der Waals surface area contributed by atoms with Gasteiger partial charge in [-0.3, -0.25) is 24.0 Å². The number of hydrogen-bond acceptors (Lipinski definition) is 10. The average Bonchev–Trinajstić information content (AvgIpc) is 2.99. The first-order chi connectivity index (χ1) is 21.0. The van der Waals surface area contributed by atoms with E-state index in [-0.39, 0.29) is 82.3 Å². The van der Waals surface area contributed by atoms with Crippen molar-refractivity contribution >= 4 is 29.6 Å². The van der Waals surface area contributed by atoms with E-state index in [2.05, 4.69) is 0 Å². The van der Waals surface area contributed by atoms with Gasteiger partial charge in [0, 0.05) is 74.5 Å². The third-order valence-corrected chi connectivity index (χ3v) is 6.57. The second-order valence-electron chi connectivity index (χ2n) is 10.2. The molecular formula is C29H54N4O11. The first-order valence-electron chi connectivity index (χ1n) is 15.0. The van der Waals surface area contributed by atoms with E-state index in [1.54, 1.807) is 45.1 Å². The molecule has 256 valence electrons. The molecule has 0 aromatic rings. The summed E-state index contributed by atoms with van der Waals surface area (Å²) in [6.07, 6.45) is 1.65. The summed E-state index contributed by atoms with van der Waals surface area (Å²) in [7, 11) is 8.32. The molecule has 44 heavy (non-hydrogen) atoms. The number of ether oxygens (including phenoxy) is 5. The van der Waals surface area contributed by atoms with Gasteiger partial charge in [0.15, 0.2) is 0 Å². The fourth-order valence-corrected chi connectivity index (χ4v) is 3.48. The summed E-state index contributed by atoms with van der Waals surface area (Å²) in [5.41, 5.74) is 0. The largest absolute Gasteiger partial charge is 0.481 e. The molecule has 0 unspecified atom stereocenters. The van der Waals surface area contributed by atoms with Gasteiger partial charge in [0.2, 0.25) is 23.6 Å². The zero-order valence-electron chi connectivity index (χ0n) is 27.3. The lowest BCUT2D eigenvalue weighted by atomic mass is 10.3. The Kier molecular flexibility index (Phi) is 24.8. The Morgan fingerprint density at radius 2 is 0.750 bits per heavy atom. The van der Waals surface area contributed by atoms with Crippen molar-refractivity contribution in [3.05, 3.63) is 0 Å². The molecule has 15 heteroatoms. The lowest BCUT2D eigenvalue weighted by molar-refractivity contribution is -0.139. The monoisotopic (exact) mass is 634 g/mol. The lowest BCUT2D eigenvalue weighted by Gasteiger charge is -2.19. The fourth-order valence-electron chi connectivity index (χ4n) is 3.48. The van der Waals surface area contributed by atoms with Gasteiger partial charge in [0.05, 0.1) is 78.5 Å². The van der Waals surface area contributed by atoms with Crippen LogP contribution < -0.4 is 0 Å². The smallest absolute Gasteiger partial charge is 0.305 e. The minimum absolute atomic E-state index is 0.0332. The number of nitrogens with zero attached hydrogens (tertiary/aromatic N) is 4. The summed E-state index contributed by atoms with van der Waals surface area (Å²) in [6, 6.07) is 0. The molecule has 0 aromatic heterocycles. The molecule has 0 aliphatic rings. The third kappa shape index (κ3) is 22.7. The van der Waals surface area contributed by atoms with Crippen LogP contribution in [0.25, 0.3) is 0 Å². The van der Waals surface area contributed by atoms with Crippen molar-refractivity contribution in [3.63, 3.8) is 0 Å². The number of rotatable bonds is 28. The molecule has 0 atom stereocenters. The van der Waals surface area contributed by atoms with E-state index in [1.807, 2.05) is 0 Å². The maximum atomic E-state index is 12.3. The fraction of sp³-hybridized carbons (Fsp3) is 0.828. The molecule has 0 aliphatic heterocycles. The van der Waals surface area contributed by atoms with Crippen molar-refractivity contribution in [2.24, 2.45) is 0 Å². The molecule has 1 N–H and O–H groups in total. The summed E-state index contributed by atoms with van der Waals surface area (Å²) in [5.74, 6) is -1.19. The highest BCUT2D eigenvalue weighted by Gasteiger charge is 2.13. The molecule has 0 heterocycles. The molecule has 0 aliphatic carbocycles. The van der Waals surface area contributed by atoms with Gasteiger partial charge in [-0.2, -0.15) is 0 Å². The predicted molar refractivity (Wildman–Crippen MR) is 161 cm³/mol. The second kappa shape index (κ2) is 26.5. The maximum Gasteiger partial charge on any atom is 0.305 e. The third-order valence-electron chi connectivity index (χ3n) is 6.57. The number of carboxylic acids is 1. The van der Waals surface area contributed by atoms with E-state index in [1.165, 1.54) is 9.80 Å². The number of carbonyl (C=O) groups excluding carboxylic acids is 4. The Bertz CT molecular complexity index is 831. The van der Waals surface area contributed by atoms with Crippen LogP contribution in [0.1, 0.15) is 38.5 Å². The van der Waals surface area contributed by atoms with Crippen LogP contribution in [-0.4, -0.2) is 175 Å². The summed E-state index contributed by atoms with van der Waals surface area (Å²) >= 11 is 0. The van der Waals surface area contributed by atoms with E-state index in [4.69, 9.17) is 28.8 Å². The molecular weight excluding hydrogens is 580 g/mol. The quantitative estimate of drug-likeness (QED) is 0.115. The van der Waals surface area contributed by atoms with Crippen LogP contribution in [0.3, 0.4) is 0 Å². The Labute approximate surface area is 261 Å². The van der Waals surface area contributed by atoms with Crippen molar-refractivity contribution in [2.75, 3.05) is 121 Å². The van der Waals surface area contributed by atoms with Crippen molar-refractivity contribution in [1.82, 2.24) is 19.6 Å². The number of methoxy groups -OCH3 is 1. The Balaban J connectivity index is 3.80. The Hall–Kier alpha value is -2.85. The molecule has 0 radical (unpaired) electrons. The van der Waals surface area contributed by atoms with Crippen LogP contribution in [0.4, 0.5) is 0 Å². The van der Waals surface area contributed by atoms with Crippen molar-refractivity contribution in [3.8, 4) is 0 Å². The summed E-state index contributed by atoms with van der Waals surface area (Å²) in [6.45, 7) is 4.17. The molecule has 0 bridgehead atoms. The lowest BCUT2D eigenvalue weighted by Crippen LogP contribution is -2.33. The Morgan fingerprint density at radius 3 is 1.05 bits per heavy atom. The number of hydrogen-bond donors (Lipinski definition) is 1. The molecule has 0 saturated heterocycles. The number of likely N-dealkylation sites (N-methyl/N-ethyl adjacent to an activating group) is 4. The van der Waals surface area contributed by atoms with Crippen molar-refractivity contribution in [2.45, 2.75) is 38.5 Å². The molecule has 0 saturated carbocycles. The van der Waals surface area contributed by atoms with E-state index in [0.29, 0.717) is 65.4 Å². The molecule has 0 rings (SSSR count). The van der Waals surface area contributed by atoms with E-state index in [9.17, 15) is 24.0 Å². The van der Waals surface area contributed by atoms with Gasteiger partial charge in [0.1, 0.15) is 0 Å². The second-order valence-corrected chi connectivity index (χ2v) is 10.2. The normalized spacial score (nSPS) is 10.8. The van der Waals surface area contributed by atoms with E-state index in [0.717, 1.165) is 0 Å². The number of aliphatic carboxylic acids is 1. The van der Waals surface area contributed by atoms with Crippen LogP contribution in [0.2, 0.25) is 0 Å². The van der Waals surface area contributed by atoms with E-state index < -0.39 is 5.97 Å². The number of carbonyl (C=O) groups is 5. The van der Waals surface area contributed by atoms with Gasteiger partial charge in [0.25, 0.3) is 0 Å². The van der Waals surface area contributed by atoms with Gasteiger partial charge < -0.3 is 48.4 Å². The zero-order chi connectivity index (χ0) is 33.2. The van der Waals surface area contributed by atoms with Crippen LogP contribution in [0.15, 0.2) is 0 Å². The Morgan fingerprint density at radius 1 is 0.455 bits per heavy atom. The highest BCUT2D eigenvalue weighted by atomic mass is 16.5. The number of amides is 4. The maximum absolute atomic E-state index is 12.3. The molecule has 0 aromatic carbocycles. The van der Waals surface area contributed by atoms with Gasteiger partial charge in [-0.25, -0.2) is 0 Å². The first-order valence-corrected chi connectivity index (χ1v) is 15.0. The van der Waals surface area contributed by atoms with Crippen LogP contribution in [-0.2, 0) is 47.7 Å². The number of carboxylic acid groups (broad SMARTS) is 1. The first kappa shape index (κ1) is 41.1. The minimum atomic E-state index is -0.929. The van der Waals surface area contributed by atoms with Crippen LogP contribution in [0.5, 0.6) is 0 Å². The molecule has 0 fully saturated rings. The van der Waals surface area contributed by atoms with Crippen molar-refractivity contribution in [1.29, 1.82) is 0 Å². The van der Waals surface area contributed by atoms with Gasteiger partial charge in [-0.05, 0) is 6.42 Å². The van der Waals surface area contributed by atoms with Crippen LogP contribution >= 0.6 is 0 Å². The van der Waals surface area contributed by atoms with Gasteiger partial charge in [-0.1, -0.05) is 0 Å². The van der Waals surface area contributed by atoms with E-state index >= 15 is 0 Å². The van der Waals surface area contributed by atoms with Gasteiger partial charge >= 0.3 is 5.97 Å². The molecule has 15 nitrogen and oxygen atoms in total. The minimum Gasteiger partial charge on any atom is -0.481 e. The standard InChI is InChI=1S/C29H54N4O11/c1-30(25(34)7-6-16-40-5)12-21-41-17-8-26(35)31(2)13-22-42-18-9-27(36)32(3)14-23-43-19-10-28(37)33(4)15-24-44-20-11-29(38)39/h6-24H2,1-5H3,(H,38,39). The highest BCUT2D eigenvalue weighted by molar-refractivity contribution is 5.77. The van der Waals surface area contributed by atoms with Crippen molar-refractivity contribution < 1.29 is 52.8 Å². The zero-order valence-corrected chi connectivity index (χ0v) is 27.3.